The van der Waals surface area contributed by atoms with Crippen LogP contribution in [0.2, 0.25) is 0 Å². The largest absolute Gasteiger partial charge is 0.494 e. The fourth-order valence-electron chi connectivity index (χ4n) is 1.85. The van der Waals surface area contributed by atoms with Crippen molar-refractivity contribution in [2.45, 2.75) is 0 Å². The van der Waals surface area contributed by atoms with Gasteiger partial charge in [0.05, 0.1) is 10.4 Å². The molecule has 6 heteroatoms. The van der Waals surface area contributed by atoms with Crippen molar-refractivity contribution in [3.8, 4) is 16.6 Å². The lowest BCUT2D eigenvalue weighted by Gasteiger charge is -2.01. The third-order valence-electron chi connectivity index (χ3n) is 2.59. The Morgan fingerprint density at radius 2 is 2.11 bits per heavy atom. The van der Waals surface area contributed by atoms with Gasteiger partial charge in [0.25, 0.3) is 0 Å². The minimum atomic E-state index is -1.11. The number of aromatic nitrogens is 2. The molecule has 0 atom stereocenters. The summed E-state index contributed by atoms with van der Waals surface area (Å²) in [6.45, 7) is 0. The molecule has 2 N–H and O–H groups in total. The summed E-state index contributed by atoms with van der Waals surface area (Å²) >= 11 is 1.44. The van der Waals surface area contributed by atoms with Gasteiger partial charge in [-0.25, -0.2) is 9.78 Å². The zero-order valence-corrected chi connectivity index (χ0v) is 9.89. The van der Waals surface area contributed by atoms with Gasteiger partial charge in [-0.05, 0) is 23.6 Å². The first kappa shape index (κ1) is 10.8. The van der Waals surface area contributed by atoms with Crippen LogP contribution in [0.15, 0.2) is 35.7 Å². The van der Waals surface area contributed by atoms with E-state index in [1.807, 2.05) is 17.5 Å². The molecule has 0 bridgehead atoms. The Kier molecular flexibility index (Phi) is 2.31. The van der Waals surface area contributed by atoms with Gasteiger partial charge in [0.1, 0.15) is 0 Å². The second kappa shape index (κ2) is 3.85. The maximum atomic E-state index is 11.2. The molecule has 0 aliphatic carbocycles. The number of carboxylic acids is 1. The van der Waals surface area contributed by atoms with Crippen molar-refractivity contribution in [2.75, 3.05) is 0 Å². The van der Waals surface area contributed by atoms with E-state index >= 15 is 0 Å². The number of aromatic carboxylic acids is 1. The van der Waals surface area contributed by atoms with Crippen LogP contribution >= 0.6 is 11.3 Å². The number of rotatable bonds is 2. The Bertz CT molecular complexity index is 731. The molecule has 0 spiro atoms. The van der Waals surface area contributed by atoms with E-state index in [9.17, 15) is 9.90 Å². The SMILES string of the molecule is O=C(O)c1nc(-c2cccs2)n2c(O)cccc12. The van der Waals surface area contributed by atoms with Gasteiger partial charge in [0, 0.05) is 0 Å². The molecule has 3 aromatic heterocycles. The Labute approximate surface area is 106 Å². The van der Waals surface area contributed by atoms with E-state index in [1.165, 1.54) is 21.8 Å². The highest BCUT2D eigenvalue weighted by molar-refractivity contribution is 7.13. The molecule has 0 saturated heterocycles. The van der Waals surface area contributed by atoms with Crippen molar-refractivity contribution in [3.05, 3.63) is 41.4 Å². The molecule has 0 unspecified atom stereocenters. The number of imidazole rings is 1. The molecule has 3 aromatic rings. The van der Waals surface area contributed by atoms with Gasteiger partial charge in [0.2, 0.25) is 0 Å². The number of hydrogen-bond acceptors (Lipinski definition) is 4. The summed E-state index contributed by atoms with van der Waals surface area (Å²) in [4.78, 5) is 16.1. The minimum Gasteiger partial charge on any atom is -0.494 e. The summed E-state index contributed by atoms with van der Waals surface area (Å²) in [7, 11) is 0. The van der Waals surface area contributed by atoms with Crippen LogP contribution in [0, 0.1) is 0 Å². The maximum absolute atomic E-state index is 11.2. The molecule has 0 amide bonds. The fourth-order valence-corrected chi connectivity index (χ4v) is 2.55. The molecule has 3 heterocycles. The predicted octanol–water partition coefficient (Wildman–Crippen LogP) is 2.47. The summed E-state index contributed by atoms with van der Waals surface area (Å²) in [5.74, 6) is -0.702. The van der Waals surface area contributed by atoms with Gasteiger partial charge in [-0.2, -0.15) is 0 Å². The van der Waals surface area contributed by atoms with Gasteiger partial charge in [-0.15, -0.1) is 11.3 Å². The molecular weight excluding hydrogens is 252 g/mol. The Balaban J connectivity index is 2.42. The molecule has 0 aromatic carbocycles. The quantitative estimate of drug-likeness (QED) is 0.742. The second-order valence-corrected chi connectivity index (χ2v) is 4.62. The highest BCUT2D eigenvalue weighted by Gasteiger charge is 2.19. The van der Waals surface area contributed by atoms with Crippen LogP contribution in [-0.2, 0) is 0 Å². The van der Waals surface area contributed by atoms with Crippen LogP contribution in [0.1, 0.15) is 10.5 Å². The molecule has 0 saturated carbocycles. The van der Waals surface area contributed by atoms with Crippen molar-refractivity contribution in [1.82, 2.24) is 9.38 Å². The monoisotopic (exact) mass is 260 g/mol. The van der Waals surface area contributed by atoms with Crippen LogP contribution in [0.5, 0.6) is 5.88 Å². The molecule has 5 nitrogen and oxygen atoms in total. The summed E-state index contributed by atoms with van der Waals surface area (Å²) in [6.07, 6.45) is 0. The van der Waals surface area contributed by atoms with E-state index in [0.29, 0.717) is 11.3 Å². The second-order valence-electron chi connectivity index (χ2n) is 3.67. The minimum absolute atomic E-state index is 0.0316. The van der Waals surface area contributed by atoms with Crippen molar-refractivity contribution >= 4 is 22.8 Å². The predicted molar refractivity (Wildman–Crippen MR) is 67.1 cm³/mol. The third-order valence-corrected chi connectivity index (χ3v) is 3.45. The summed E-state index contributed by atoms with van der Waals surface area (Å²) < 4.78 is 1.44. The highest BCUT2D eigenvalue weighted by Crippen LogP contribution is 2.29. The molecule has 90 valence electrons. The molecule has 0 aliphatic rings. The van der Waals surface area contributed by atoms with Gasteiger partial charge in [-0.3, -0.25) is 4.40 Å². The van der Waals surface area contributed by atoms with E-state index in [2.05, 4.69) is 4.98 Å². The van der Waals surface area contributed by atoms with Gasteiger partial charge < -0.3 is 10.2 Å². The van der Waals surface area contributed by atoms with E-state index in [0.717, 1.165) is 4.88 Å². The maximum Gasteiger partial charge on any atom is 0.356 e. The zero-order chi connectivity index (χ0) is 12.7. The smallest absolute Gasteiger partial charge is 0.356 e. The fraction of sp³-hybridized carbons (Fsp3) is 0. The third kappa shape index (κ3) is 1.46. The average Bonchev–Trinajstić information content (AvgIpc) is 2.95. The number of carboxylic acid groups (broad SMARTS) is 1. The van der Waals surface area contributed by atoms with Gasteiger partial charge in [-0.1, -0.05) is 12.1 Å². The van der Waals surface area contributed by atoms with Crippen molar-refractivity contribution in [3.63, 3.8) is 0 Å². The summed E-state index contributed by atoms with van der Waals surface area (Å²) in [5.41, 5.74) is 0.320. The zero-order valence-electron chi connectivity index (χ0n) is 9.07. The van der Waals surface area contributed by atoms with Gasteiger partial charge in [0.15, 0.2) is 17.4 Å². The van der Waals surface area contributed by atoms with E-state index < -0.39 is 5.97 Å². The summed E-state index contributed by atoms with van der Waals surface area (Å²) in [6, 6.07) is 8.39. The van der Waals surface area contributed by atoms with E-state index in [1.54, 1.807) is 12.1 Å². The van der Waals surface area contributed by atoms with Crippen LogP contribution in [0.4, 0.5) is 0 Å². The normalized spacial score (nSPS) is 10.9. The lowest BCUT2D eigenvalue weighted by Crippen LogP contribution is -1.97. The van der Waals surface area contributed by atoms with E-state index in [-0.39, 0.29) is 11.6 Å². The molecule has 3 rings (SSSR count). The number of carbonyl (C=O) groups is 1. The summed E-state index contributed by atoms with van der Waals surface area (Å²) in [5, 5.41) is 20.9. The number of hydrogen-bond donors (Lipinski definition) is 2. The molecule has 18 heavy (non-hydrogen) atoms. The lowest BCUT2D eigenvalue weighted by molar-refractivity contribution is 0.0693. The first-order valence-corrected chi connectivity index (χ1v) is 6.04. The Hall–Kier alpha value is -2.34. The number of nitrogens with zero attached hydrogens (tertiary/aromatic N) is 2. The Morgan fingerprint density at radius 1 is 1.28 bits per heavy atom. The van der Waals surface area contributed by atoms with Crippen molar-refractivity contribution in [1.29, 1.82) is 0 Å². The number of fused-ring (bicyclic) bond motifs is 1. The van der Waals surface area contributed by atoms with Gasteiger partial charge >= 0.3 is 5.97 Å². The first-order chi connectivity index (χ1) is 8.68. The topological polar surface area (TPSA) is 74.8 Å². The molecule has 0 fully saturated rings. The average molecular weight is 260 g/mol. The molecular formula is C12H8N2O3S. The standard InChI is InChI=1S/C12H8N2O3S/c15-9-5-1-3-7-10(12(16)17)13-11(14(7)9)8-4-2-6-18-8/h1-6,15H,(H,16,17). The van der Waals surface area contributed by atoms with Crippen LogP contribution in [-0.4, -0.2) is 25.6 Å². The Morgan fingerprint density at radius 3 is 2.78 bits per heavy atom. The first-order valence-electron chi connectivity index (χ1n) is 5.16. The van der Waals surface area contributed by atoms with Crippen LogP contribution in [0.3, 0.4) is 0 Å². The van der Waals surface area contributed by atoms with Crippen molar-refractivity contribution in [2.24, 2.45) is 0 Å². The van der Waals surface area contributed by atoms with Crippen LogP contribution in [0.25, 0.3) is 16.2 Å². The number of pyridine rings is 1. The van der Waals surface area contributed by atoms with E-state index in [4.69, 9.17) is 5.11 Å². The number of aromatic hydroxyl groups is 1. The lowest BCUT2D eigenvalue weighted by atomic mass is 10.3. The number of thiophene rings is 1. The molecule has 0 aliphatic heterocycles. The molecule has 0 radical (unpaired) electrons. The van der Waals surface area contributed by atoms with Crippen LogP contribution < -0.4 is 0 Å². The highest BCUT2D eigenvalue weighted by atomic mass is 32.1. The van der Waals surface area contributed by atoms with Crippen molar-refractivity contribution < 1.29 is 15.0 Å².